The van der Waals surface area contributed by atoms with Crippen LogP contribution in [0.5, 0.6) is 0 Å². The van der Waals surface area contributed by atoms with Crippen molar-refractivity contribution in [2.75, 3.05) is 19.7 Å². The van der Waals surface area contributed by atoms with Gasteiger partial charge in [0.25, 0.3) is 5.91 Å². The maximum atomic E-state index is 13.0. The van der Waals surface area contributed by atoms with Crippen molar-refractivity contribution in [2.45, 2.75) is 19.8 Å². The third kappa shape index (κ3) is 5.22. The minimum Gasteiger partial charge on any atom is -0.466 e. The fourth-order valence-electron chi connectivity index (χ4n) is 2.25. The van der Waals surface area contributed by atoms with Crippen LogP contribution in [0.2, 0.25) is 0 Å². The lowest BCUT2D eigenvalue weighted by Gasteiger charge is -2.21. The van der Waals surface area contributed by atoms with Crippen LogP contribution in [0, 0.1) is 5.82 Å². The average molecular weight is 333 g/mol. The van der Waals surface area contributed by atoms with E-state index in [0.29, 0.717) is 19.6 Å². The number of rotatable bonds is 8. The molecule has 0 fully saturated rings. The predicted molar refractivity (Wildman–Crippen MR) is 86.0 cm³/mol. The van der Waals surface area contributed by atoms with E-state index in [1.54, 1.807) is 36.1 Å². The van der Waals surface area contributed by atoms with Crippen molar-refractivity contribution in [1.29, 1.82) is 0 Å². The van der Waals surface area contributed by atoms with Crippen molar-refractivity contribution in [3.05, 3.63) is 59.8 Å². The van der Waals surface area contributed by atoms with E-state index < -0.39 is 0 Å². The molecule has 0 atom stereocenters. The highest BCUT2D eigenvalue weighted by atomic mass is 19.1. The van der Waals surface area contributed by atoms with Crippen LogP contribution in [0.25, 0.3) is 0 Å². The summed E-state index contributed by atoms with van der Waals surface area (Å²) in [5, 5.41) is 0. The molecule has 0 spiro atoms. The molecule has 1 amide bonds. The van der Waals surface area contributed by atoms with Crippen LogP contribution >= 0.6 is 0 Å². The van der Waals surface area contributed by atoms with Crippen molar-refractivity contribution in [1.82, 2.24) is 4.90 Å². The Morgan fingerprint density at radius 3 is 2.54 bits per heavy atom. The first-order valence-corrected chi connectivity index (χ1v) is 7.83. The van der Waals surface area contributed by atoms with Gasteiger partial charge in [0.1, 0.15) is 5.82 Å². The van der Waals surface area contributed by atoms with Crippen LogP contribution in [-0.2, 0) is 16.0 Å². The maximum Gasteiger partial charge on any atom is 0.307 e. The Morgan fingerprint density at radius 2 is 1.92 bits per heavy atom. The van der Waals surface area contributed by atoms with Crippen LogP contribution in [0.1, 0.15) is 29.5 Å². The van der Waals surface area contributed by atoms with Gasteiger partial charge in [0.15, 0.2) is 5.76 Å². The Bertz CT molecular complexity index is 652. The molecular formula is C18H20FNO4. The first-order valence-electron chi connectivity index (χ1n) is 7.83. The number of furan rings is 1. The van der Waals surface area contributed by atoms with E-state index >= 15 is 0 Å². The average Bonchev–Trinajstić information content (AvgIpc) is 3.11. The SMILES string of the molecule is CCOC(=O)CCN(CCc1ccc(F)cc1)C(=O)c1ccco1. The molecule has 1 heterocycles. The number of carbonyl (C=O) groups is 2. The monoisotopic (exact) mass is 333 g/mol. The quantitative estimate of drug-likeness (QED) is 0.697. The van der Waals surface area contributed by atoms with E-state index in [2.05, 4.69) is 0 Å². The molecule has 0 saturated heterocycles. The second-order valence-corrected chi connectivity index (χ2v) is 5.20. The molecule has 1 aromatic carbocycles. The highest BCUT2D eigenvalue weighted by Gasteiger charge is 2.19. The zero-order valence-electron chi connectivity index (χ0n) is 13.5. The van der Waals surface area contributed by atoms with Gasteiger partial charge in [-0.3, -0.25) is 9.59 Å². The largest absolute Gasteiger partial charge is 0.466 e. The molecule has 6 heteroatoms. The molecule has 128 valence electrons. The van der Waals surface area contributed by atoms with E-state index in [1.165, 1.54) is 18.4 Å². The summed E-state index contributed by atoms with van der Waals surface area (Å²) in [5.74, 6) is -0.717. The molecule has 0 aliphatic heterocycles. The molecule has 0 unspecified atom stereocenters. The minimum atomic E-state index is -0.350. The van der Waals surface area contributed by atoms with Crippen LogP contribution < -0.4 is 0 Å². The molecule has 0 aliphatic rings. The van der Waals surface area contributed by atoms with Crippen molar-refractivity contribution in [2.24, 2.45) is 0 Å². The van der Waals surface area contributed by atoms with Crippen LogP contribution in [0.15, 0.2) is 47.1 Å². The highest BCUT2D eigenvalue weighted by molar-refractivity contribution is 5.91. The zero-order chi connectivity index (χ0) is 17.4. The van der Waals surface area contributed by atoms with Gasteiger partial charge < -0.3 is 14.1 Å². The lowest BCUT2D eigenvalue weighted by molar-refractivity contribution is -0.143. The number of halogens is 1. The van der Waals surface area contributed by atoms with Gasteiger partial charge in [-0.05, 0) is 43.2 Å². The van der Waals surface area contributed by atoms with Gasteiger partial charge in [-0.15, -0.1) is 0 Å². The third-order valence-electron chi connectivity index (χ3n) is 3.49. The van der Waals surface area contributed by atoms with Crippen LogP contribution in [0.3, 0.4) is 0 Å². The summed E-state index contributed by atoms with van der Waals surface area (Å²) in [5.41, 5.74) is 0.907. The number of benzene rings is 1. The molecule has 0 radical (unpaired) electrons. The van der Waals surface area contributed by atoms with E-state index in [-0.39, 0.29) is 36.4 Å². The lowest BCUT2D eigenvalue weighted by atomic mass is 10.1. The van der Waals surface area contributed by atoms with E-state index in [1.807, 2.05) is 0 Å². The Morgan fingerprint density at radius 1 is 1.17 bits per heavy atom. The van der Waals surface area contributed by atoms with E-state index in [4.69, 9.17) is 9.15 Å². The summed E-state index contributed by atoms with van der Waals surface area (Å²) in [6.07, 6.45) is 2.09. The summed E-state index contributed by atoms with van der Waals surface area (Å²) in [4.78, 5) is 25.6. The number of amides is 1. The lowest BCUT2D eigenvalue weighted by Crippen LogP contribution is -2.34. The van der Waals surface area contributed by atoms with Gasteiger partial charge in [-0.1, -0.05) is 12.1 Å². The second kappa shape index (κ2) is 8.86. The summed E-state index contributed by atoms with van der Waals surface area (Å²) in [6.45, 7) is 2.67. The Labute approximate surface area is 140 Å². The fraction of sp³-hybridized carbons (Fsp3) is 0.333. The molecule has 0 N–H and O–H groups in total. The van der Waals surface area contributed by atoms with Gasteiger partial charge in [-0.2, -0.15) is 0 Å². The first kappa shape index (κ1) is 17.7. The summed E-state index contributed by atoms with van der Waals surface area (Å²) >= 11 is 0. The fourth-order valence-corrected chi connectivity index (χ4v) is 2.25. The third-order valence-corrected chi connectivity index (χ3v) is 3.49. The topological polar surface area (TPSA) is 59.8 Å². The van der Waals surface area contributed by atoms with Gasteiger partial charge >= 0.3 is 5.97 Å². The minimum absolute atomic E-state index is 0.115. The maximum absolute atomic E-state index is 13.0. The number of carbonyl (C=O) groups excluding carboxylic acids is 2. The molecule has 0 saturated carbocycles. The molecule has 2 aromatic rings. The predicted octanol–water partition coefficient (Wildman–Crippen LogP) is 3.06. The zero-order valence-corrected chi connectivity index (χ0v) is 13.5. The molecule has 2 rings (SSSR count). The number of hydrogen-bond donors (Lipinski definition) is 0. The number of hydrogen-bond acceptors (Lipinski definition) is 4. The Balaban J connectivity index is 1.99. The van der Waals surface area contributed by atoms with Gasteiger partial charge in [0, 0.05) is 13.1 Å². The number of ether oxygens (including phenoxy) is 1. The van der Waals surface area contributed by atoms with Gasteiger partial charge in [0.2, 0.25) is 0 Å². The number of nitrogens with zero attached hydrogens (tertiary/aromatic N) is 1. The summed E-state index contributed by atoms with van der Waals surface area (Å²) in [6, 6.07) is 9.33. The normalized spacial score (nSPS) is 10.4. The Kier molecular flexibility index (Phi) is 6.54. The first-order chi connectivity index (χ1) is 11.6. The van der Waals surface area contributed by atoms with E-state index in [9.17, 15) is 14.0 Å². The van der Waals surface area contributed by atoms with Crippen molar-refractivity contribution in [3.63, 3.8) is 0 Å². The van der Waals surface area contributed by atoms with Crippen molar-refractivity contribution < 1.29 is 23.1 Å². The van der Waals surface area contributed by atoms with Crippen LogP contribution in [-0.4, -0.2) is 36.5 Å². The molecule has 5 nitrogen and oxygen atoms in total. The second-order valence-electron chi connectivity index (χ2n) is 5.20. The van der Waals surface area contributed by atoms with Crippen molar-refractivity contribution >= 4 is 11.9 Å². The van der Waals surface area contributed by atoms with Gasteiger partial charge in [-0.25, -0.2) is 4.39 Å². The molecular weight excluding hydrogens is 313 g/mol. The highest BCUT2D eigenvalue weighted by Crippen LogP contribution is 2.10. The van der Waals surface area contributed by atoms with Crippen molar-refractivity contribution in [3.8, 4) is 0 Å². The molecule has 0 aliphatic carbocycles. The standard InChI is InChI=1S/C18H20FNO4/c1-2-23-17(21)10-12-20(18(22)16-4-3-13-24-16)11-9-14-5-7-15(19)8-6-14/h3-8,13H,2,9-12H2,1H3. The van der Waals surface area contributed by atoms with Gasteiger partial charge in [0.05, 0.1) is 19.3 Å². The van der Waals surface area contributed by atoms with Crippen LogP contribution in [0.4, 0.5) is 4.39 Å². The molecule has 24 heavy (non-hydrogen) atoms. The Hall–Kier alpha value is -2.63. The molecule has 1 aromatic heterocycles. The molecule has 0 bridgehead atoms. The number of esters is 1. The van der Waals surface area contributed by atoms with E-state index in [0.717, 1.165) is 5.56 Å². The summed E-state index contributed by atoms with van der Waals surface area (Å²) < 4.78 is 23.0. The summed E-state index contributed by atoms with van der Waals surface area (Å²) in [7, 11) is 0. The smallest absolute Gasteiger partial charge is 0.307 e.